The maximum Gasteiger partial charge on any atom is 0.232 e. The summed E-state index contributed by atoms with van der Waals surface area (Å²) in [6.07, 6.45) is 3.21. The predicted molar refractivity (Wildman–Crippen MR) is 91.6 cm³/mol. The van der Waals surface area contributed by atoms with Crippen LogP contribution >= 0.6 is 0 Å². The second-order valence-corrected chi connectivity index (χ2v) is 5.66. The Hall–Kier alpha value is -3.66. The minimum atomic E-state index is -0.294. The molecule has 0 bridgehead atoms. The summed E-state index contributed by atoms with van der Waals surface area (Å²) in [5, 5.41) is 9.74. The summed E-state index contributed by atoms with van der Waals surface area (Å²) in [4.78, 5) is 27.6. The van der Waals surface area contributed by atoms with E-state index in [4.69, 9.17) is 10.00 Å². The number of ether oxygens (including phenoxy) is 1. The molecule has 3 heterocycles. The Morgan fingerprint density at radius 2 is 2.20 bits per heavy atom. The zero-order valence-corrected chi connectivity index (χ0v) is 13.5. The quantitative estimate of drug-likeness (QED) is 0.561. The first-order valence-electron chi connectivity index (χ1n) is 7.57. The minimum absolute atomic E-state index is 0.155. The number of aromatic nitrogens is 4. The van der Waals surface area contributed by atoms with Gasteiger partial charge in [-0.1, -0.05) is 0 Å². The number of rotatable bonds is 3. The van der Waals surface area contributed by atoms with Crippen LogP contribution in [0.5, 0.6) is 5.75 Å². The van der Waals surface area contributed by atoms with Gasteiger partial charge in [-0.2, -0.15) is 5.26 Å². The number of nitriles is 1. The predicted octanol–water partition coefficient (Wildman–Crippen LogP) is 2.86. The number of ketones is 1. The lowest BCUT2D eigenvalue weighted by Gasteiger charge is -2.10. The smallest absolute Gasteiger partial charge is 0.232 e. The molecule has 2 N–H and O–H groups in total. The molecule has 25 heavy (non-hydrogen) atoms. The number of nitrogens with one attached hydrogen (secondary N) is 2. The Kier molecular flexibility index (Phi) is 3.25. The topological polar surface area (TPSA) is 107 Å². The molecular weight excluding hydrogens is 318 g/mol. The number of pyridine rings is 1. The summed E-state index contributed by atoms with van der Waals surface area (Å²) < 4.78 is 5.42. The summed E-state index contributed by atoms with van der Waals surface area (Å²) in [5.41, 5.74) is 3.63. The van der Waals surface area contributed by atoms with E-state index >= 15 is 0 Å². The molecule has 0 radical (unpaired) electrons. The van der Waals surface area contributed by atoms with Crippen molar-refractivity contribution in [3.8, 4) is 11.8 Å². The van der Waals surface area contributed by atoms with E-state index in [2.05, 4.69) is 19.9 Å². The molecule has 0 spiro atoms. The van der Waals surface area contributed by atoms with Crippen LogP contribution in [0.25, 0.3) is 22.1 Å². The highest BCUT2D eigenvalue weighted by molar-refractivity contribution is 6.17. The van der Waals surface area contributed by atoms with Gasteiger partial charge in [-0.15, -0.1) is 0 Å². The molecule has 0 saturated heterocycles. The first-order chi connectivity index (χ1) is 12.1. The number of aryl methyl sites for hydroxylation is 1. The minimum Gasteiger partial charge on any atom is -0.496 e. The second kappa shape index (κ2) is 5.46. The molecule has 0 atom stereocenters. The highest BCUT2D eigenvalue weighted by Crippen LogP contribution is 2.32. The number of imidazole rings is 1. The van der Waals surface area contributed by atoms with Gasteiger partial charge in [0.15, 0.2) is 11.5 Å². The van der Waals surface area contributed by atoms with Crippen molar-refractivity contribution in [3.05, 3.63) is 53.1 Å². The zero-order valence-electron chi connectivity index (χ0n) is 13.5. The van der Waals surface area contributed by atoms with Crippen LogP contribution in [0.2, 0.25) is 0 Å². The van der Waals surface area contributed by atoms with E-state index in [1.54, 1.807) is 12.3 Å². The highest BCUT2D eigenvalue weighted by atomic mass is 16.5. The van der Waals surface area contributed by atoms with Crippen LogP contribution in [0, 0.1) is 18.3 Å². The van der Waals surface area contributed by atoms with Crippen LogP contribution in [-0.4, -0.2) is 32.8 Å². The lowest BCUT2D eigenvalue weighted by molar-refractivity contribution is 0.102. The van der Waals surface area contributed by atoms with Gasteiger partial charge in [-0.25, -0.2) is 9.97 Å². The Labute approximate surface area is 142 Å². The van der Waals surface area contributed by atoms with E-state index < -0.39 is 0 Å². The molecule has 122 valence electrons. The molecule has 7 nitrogen and oxygen atoms in total. The van der Waals surface area contributed by atoms with Gasteiger partial charge in [0.05, 0.1) is 23.8 Å². The van der Waals surface area contributed by atoms with Gasteiger partial charge in [-0.3, -0.25) is 4.79 Å². The zero-order chi connectivity index (χ0) is 17.6. The SMILES string of the molecule is COc1cc(C)c2[nH]ccc2c1C(=O)c1nc2ncc(C#N)cc2[nH]1. The summed E-state index contributed by atoms with van der Waals surface area (Å²) in [6.45, 7) is 1.95. The molecule has 4 rings (SSSR count). The second-order valence-electron chi connectivity index (χ2n) is 5.66. The third-order valence-corrected chi connectivity index (χ3v) is 4.13. The van der Waals surface area contributed by atoms with E-state index in [0.717, 1.165) is 16.5 Å². The van der Waals surface area contributed by atoms with Gasteiger partial charge in [-0.05, 0) is 30.7 Å². The van der Waals surface area contributed by atoms with Crippen molar-refractivity contribution < 1.29 is 9.53 Å². The largest absolute Gasteiger partial charge is 0.496 e. The Bertz CT molecular complexity index is 1180. The fourth-order valence-electron chi connectivity index (χ4n) is 2.96. The lowest BCUT2D eigenvalue weighted by atomic mass is 10.0. The monoisotopic (exact) mass is 331 g/mol. The molecule has 3 aromatic heterocycles. The van der Waals surface area contributed by atoms with Gasteiger partial charge < -0.3 is 14.7 Å². The van der Waals surface area contributed by atoms with Gasteiger partial charge in [0.25, 0.3) is 0 Å². The van der Waals surface area contributed by atoms with Gasteiger partial charge >= 0.3 is 0 Å². The number of hydrogen-bond acceptors (Lipinski definition) is 5. The number of benzene rings is 1. The average molecular weight is 331 g/mol. The number of carbonyl (C=O) groups excluding carboxylic acids is 1. The third kappa shape index (κ3) is 2.23. The summed E-state index contributed by atoms with van der Waals surface area (Å²) in [6, 6.07) is 7.29. The van der Waals surface area contributed by atoms with Crippen molar-refractivity contribution in [2.75, 3.05) is 7.11 Å². The van der Waals surface area contributed by atoms with Crippen molar-refractivity contribution in [2.24, 2.45) is 0 Å². The van der Waals surface area contributed by atoms with Crippen molar-refractivity contribution in [1.29, 1.82) is 5.26 Å². The van der Waals surface area contributed by atoms with Crippen LogP contribution in [-0.2, 0) is 0 Å². The Balaban J connectivity index is 1.92. The van der Waals surface area contributed by atoms with Crippen molar-refractivity contribution in [1.82, 2.24) is 19.9 Å². The van der Waals surface area contributed by atoms with Gasteiger partial charge in [0, 0.05) is 23.3 Å². The van der Waals surface area contributed by atoms with Crippen LogP contribution < -0.4 is 4.74 Å². The number of carbonyl (C=O) groups is 1. The fraction of sp³-hybridized carbons (Fsp3) is 0.111. The number of nitrogens with zero attached hydrogens (tertiary/aromatic N) is 3. The number of aromatic amines is 2. The number of methoxy groups -OCH3 is 1. The van der Waals surface area contributed by atoms with Crippen molar-refractivity contribution >= 4 is 27.9 Å². The molecule has 0 amide bonds. The fourth-order valence-corrected chi connectivity index (χ4v) is 2.96. The molecule has 0 aliphatic rings. The first kappa shape index (κ1) is 14.9. The number of hydrogen-bond donors (Lipinski definition) is 2. The standard InChI is InChI=1S/C18H13N5O2/c1-9-5-13(25-2)14(11-3-4-20-15(9)11)16(24)18-22-12-6-10(7-19)8-21-17(12)23-18/h3-6,8,20H,1-2H3,(H,21,22,23). The summed E-state index contributed by atoms with van der Waals surface area (Å²) in [5.74, 6) is 0.348. The van der Waals surface area contributed by atoms with Crippen LogP contribution in [0.15, 0.2) is 30.6 Å². The summed E-state index contributed by atoms with van der Waals surface area (Å²) in [7, 11) is 1.53. The molecule has 4 aromatic rings. The van der Waals surface area contributed by atoms with Crippen LogP contribution in [0.4, 0.5) is 0 Å². The molecule has 7 heteroatoms. The van der Waals surface area contributed by atoms with Crippen LogP contribution in [0.3, 0.4) is 0 Å². The Morgan fingerprint density at radius 1 is 1.36 bits per heavy atom. The number of fused-ring (bicyclic) bond motifs is 2. The van der Waals surface area contributed by atoms with E-state index in [0.29, 0.717) is 28.0 Å². The lowest BCUT2D eigenvalue weighted by Crippen LogP contribution is -2.07. The molecule has 0 aliphatic heterocycles. The van der Waals surface area contributed by atoms with E-state index in [1.165, 1.54) is 13.3 Å². The average Bonchev–Trinajstić information content (AvgIpc) is 3.27. The molecule has 0 unspecified atom stereocenters. The first-order valence-corrected chi connectivity index (χ1v) is 7.57. The van der Waals surface area contributed by atoms with Crippen LogP contribution in [0.1, 0.15) is 27.3 Å². The van der Waals surface area contributed by atoms with Gasteiger partial charge in [0.2, 0.25) is 5.78 Å². The Morgan fingerprint density at radius 3 is 2.96 bits per heavy atom. The van der Waals surface area contributed by atoms with E-state index in [9.17, 15) is 4.79 Å². The maximum atomic E-state index is 13.1. The summed E-state index contributed by atoms with van der Waals surface area (Å²) >= 11 is 0. The maximum absolute atomic E-state index is 13.1. The third-order valence-electron chi connectivity index (χ3n) is 4.13. The van der Waals surface area contributed by atoms with Crippen molar-refractivity contribution in [3.63, 3.8) is 0 Å². The van der Waals surface area contributed by atoms with E-state index in [-0.39, 0.29) is 11.6 Å². The molecule has 0 fully saturated rings. The highest BCUT2D eigenvalue weighted by Gasteiger charge is 2.23. The van der Waals surface area contributed by atoms with E-state index in [1.807, 2.05) is 25.1 Å². The molecule has 0 saturated carbocycles. The molecular formula is C18H13N5O2. The number of H-pyrrole nitrogens is 2. The van der Waals surface area contributed by atoms with Crippen molar-refractivity contribution in [2.45, 2.75) is 6.92 Å². The normalized spacial score (nSPS) is 10.9. The van der Waals surface area contributed by atoms with Gasteiger partial charge in [0.1, 0.15) is 11.8 Å². The molecule has 0 aliphatic carbocycles. The molecule has 1 aromatic carbocycles.